The molecule has 13 heteroatoms. The summed E-state index contributed by atoms with van der Waals surface area (Å²) < 4.78 is 72.1. The number of benzene rings is 1. The van der Waals surface area contributed by atoms with Gasteiger partial charge in [-0.1, -0.05) is 0 Å². The normalized spacial score (nSPS) is 26.3. The second-order valence-electron chi connectivity index (χ2n) is 11.0. The van der Waals surface area contributed by atoms with Crippen molar-refractivity contribution in [2.75, 3.05) is 19.8 Å². The molecule has 38 heavy (non-hydrogen) atoms. The average molecular weight is 555 g/mol. The van der Waals surface area contributed by atoms with E-state index in [0.29, 0.717) is 38.2 Å². The number of aromatic nitrogens is 2. The largest absolute Gasteiger partial charge is 0.444 e. The lowest BCUT2D eigenvalue weighted by Gasteiger charge is -2.40. The molecule has 2 fully saturated rings. The first kappa shape index (κ1) is 27.0. The molecule has 0 unspecified atom stereocenters. The van der Waals surface area contributed by atoms with E-state index >= 15 is 0 Å². The van der Waals surface area contributed by atoms with Gasteiger partial charge in [0.05, 0.1) is 24.9 Å². The Morgan fingerprint density at radius 3 is 2.68 bits per heavy atom. The minimum atomic E-state index is -3.63. The van der Waals surface area contributed by atoms with Crippen molar-refractivity contribution in [1.29, 1.82) is 0 Å². The molecule has 4 atom stereocenters. The van der Waals surface area contributed by atoms with E-state index in [1.165, 1.54) is 0 Å². The highest BCUT2D eigenvalue weighted by molar-refractivity contribution is 7.90. The first-order valence-corrected chi connectivity index (χ1v) is 14.1. The van der Waals surface area contributed by atoms with Gasteiger partial charge in [-0.05, 0) is 51.8 Å². The van der Waals surface area contributed by atoms with Crippen molar-refractivity contribution in [2.24, 2.45) is 0 Å². The molecule has 1 amide bonds. The van der Waals surface area contributed by atoms with Gasteiger partial charge < -0.3 is 19.5 Å². The Morgan fingerprint density at radius 1 is 1.21 bits per heavy atom. The van der Waals surface area contributed by atoms with Crippen LogP contribution in [0.1, 0.15) is 56.5 Å². The lowest BCUT2D eigenvalue weighted by atomic mass is 9.92. The number of nitrogens with one attached hydrogen (secondary N) is 1. The van der Waals surface area contributed by atoms with E-state index in [-0.39, 0.29) is 24.8 Å². The second kappa shape index (κ2) is 10.2. The van der Waals surface area contributed by atoms with Gasteiger partial charge in [0, 0.05) is 43.1 Å². The van der Waals surface area contributed by atoms with Gasteiger partial charge in [-0.2, -0.15) is 9.19 Å². The zero-order chi connectivity index (χ0) is 27.2. The molecule has 1 aromatic carbocycles. The Bertz CT molecular complexity index is 1280. The van der Waals surface area contributed by atoms with Crippen molar-refractivity contribution in [3.05, 3.63) is 52.9 Å². The van der Waals surface area contributed by atoms with Gasteiger partial charge >= 0.3 is 6.09 Å². The van der Waals surface area contributed by atoms with Gasteiger partial charge in [-0.3, -0.25) is 4.90 Å². The third-order valence-corrected chi connectivity index (χ3v) is 8.92. The molecule has 4 heterocycles. The Kier molecular flexibility index (Phi) is 7.22. The lowest BCUT2D eigenvalue weighted by molar-refractivity contribution is -0.0629. The minimum Gasteiger partial charge on any atom is -0.444 e. The maximum absolute atomic E-state index is 14.6. The van der Waals surface area contributed by atoms with Crippen molar-refractivity contribution >= 4 is 16.1 Å². The fourth-order valence-electron chi connectivity index (χ4n) is 5.14. The van der Waals surface area contributed by atoms with E-state index in [9.17, 15) is 22.0 Å². The molecular formula is C25H32F2N4O6S. The van der Waals surface area contributed by atoms with Crippen LogP contribution < -0.4 is 5.32 Å². The predicted molar refractivity (Wildman–Crippen MR) is 132 cm³/mol. The van der Waals surface area contributed by atoms with Gasteiger partial charge in [-0.15, -0.1) is 0 Å². The number of alkyl carbamates (subject to hydrolysis) is 1. The molecule has 0 radical (unpaired) electrons. The zero-order valence-electron chi connectivity index (χ0n) is 21.5. The molecule has 3 aliphatic rings. The monoisotopic (exact) mass is 554 g/mol. The van der Waals surface area contributed by atoms with Crippen LogP contribution in [-0.4, -0.2) is 71.4 Å². The lowest BCUT2D eigenvalue weighted by Crippen LogP contribution is -2.52. The number of fused-ring (bicyclic) bond motifs is 1. The number of carbonyl (C=O) groups excluding carboxylic acids is 1. The van der Waals surface area contributed by atoms with Crippen molar-refractivity contribution in [2.45, 2.75) is 75.7 Å². The molecule has 5 rings (SSSR count). The number of carbonyl (C=O) groups is 1. The van der Waals surface area contributed by atoms with Crippen LogP contribution in [0.15, 0.2) is 24.4 Å². The van der Waals surface area contributed by atoms with Crippen LogP contribution in [0.3, 0.4) is 0 Å². The number of rotatable bonds is 5. The molecular weight excluding hydrogens is 522 g/mol. The third-order valence-electron chi connectivity index (χ3n) is 7.00. The summed E-state index contributed by atoms with van der Waals surface area (Å²) >= 11 is 0. The SMILES string of the molecule is CC(C)(C)OC(=O)N[C@H]1C[C@@H](N2Cc3cn(S(=O)(=O)[C@H]4CCOC4)nc3C2)CO[C@@H]1c1cc(F)ccc1F. The van der Waals surface area contributed by atoms with Gasteiger partial charge in [0.2, 0.25) is 0 Å². The van der Waals surface area contributed by atoms with Crippen LogP contribution in [0.4, 0.5) is 13.6 Å². The number of hydrogen-bond acceptors (Lipinski definition) is 8. The summed E-state index contributed by atoms with van der Waals surface area (Å²) in [6.07, 6.45) is 0.769. The first-order chi connectivity index (χ1) is 17.9. The van der Waals surface area contributed by atoms with Crippen LogP contribution in [0.25, 0.3) is 0 Å². The smallest absolute Gasteiger partial charge is 0.407 e. The Balaban J connectivity index is 1.31. The standard InChI is InChI=1S/C25H32F2N4O6S/c1-25(2,3)37-24(32)28-21-9-17(13-36-23(21)19-8-16(26)4-5-20(19)27)30-10-15-11-31(29-22(15)12-30)38(33,34)18-6-7-35-14-18/h4-5,8,11,17-18,21,23H,6-7,9-10,12-14H2,1-3H3,(H,28,32)/t17-,18+,21+,23-/m1/s1. The van der Waals surface area contributed by atoms with Gasteiger partial charge in [0.25, 0.3) is 10.0 Å². The topological polar surface area (TPSA) is 112 Å². The van der Waals surface area contributed by atoms with Crippen LogP contribution in [0, 0.1) is 11.6 Å². The molecule has 2 saturated heterocycles. The highest BCUT2D eigenvalue weighted by Crippen LogP contribution is 2.35. The predicted octanol–water partition coefficient (Wildman–Crippen LogP) is 2.87. The van der Waals surface area contributed by atoms with Crippen LogP contribution >= 0.6 is 0 Å². The summed E-state index contributed by atoms with van der Waals surface area (Å²) in [5.74, 6) is -1.24. The van der Waals surface area contributed by atoms with E-state index in [1.807, 2.05) is 0 Å². The highest BCUT2D eigenvalue weighted by Gasteiger charge is 2.41. The molecule has 0 aliphatic carbocycles. The molecule has 0 bridgehead atoms. The van der Waals surface area contributed by atoms with Gasteiger partial charge in [0.1, 0.15) is 28.6 Å². The molecule has 3 aliphatic heterocycles. The quantitative estimate of drug-likeness (QED) is 0.601. The summed E-state index contributed by atoms with van der Waals surface area (Å²) in [4.78, 5) is 14.7. The molecule has 1 aromatic heterocycles. The molecule has 0 spiro atoms. The van der Waals surface area contributed by atoms with E-state index in [2.05, 4.69) is 15.3 Å². The number of nitrogens with zero attached hydrogens (tertiary/aromatic N) is 3. The highest BCUT2D eigenvalue weighted by atomic mass is 32.2. The number of ether oxygens (including phenoxy) is 3. The molecule has 10 nitrogen and oxygen atoms in total. The Labute approximate surface area is 220 Å². The van der Waals surface area contributed by atoms with E-state index in [1.54, 1.807) is 27.0 Å². The minimum absolute atomic E-state index is 0.0200. The zero-order valence-corrected chi connectivity index (χ0v) is 22.3. The molecule has 1 N–H and O–H groups in total. The van der Waals surface area contributed by atoms with E-state index in [0.717, 1.165) is 27.8 Å². The van der Waals surface area contributed by atoms with Crippen molar-refractivity contribution in [1.82, 2.24) is 19.4 Å². The van der Waals surface area contributed by atoms with E-state index in [4.69, 9.17) is 14.2 Å². The summed E-state index contributed by atoms with van der Waals surface area (Å²) in [7, 11) is -3.63. The summed E-state index contributed by atoms with van der Waals surface area (Å²) in [6.45, 7) is 6.82. The summed E-state index contributed by atoms with van der Waals surface area (Å²) in [5, 5.41) is 6.53. The maximum Gasteiger partial charge on any atom is 0.407 e. The Morgan fingerprint density at radius 2 is 2.00 bits per heavy atom. The fourth-order valence-corrected chi connectivity index (χ4v) is 6.60. The average Bonchev–Trinajstić information content (AvgIpc) is 3.57. The van der Waals surface area contributed by atoms with Crippen molar-refractivity contribution < 1.29 is 36.2 Å². The summed E-state index contributed by atoms with van der Waals surface area (Å²) in [5.41, 5.74) is 0.725. The van der Waals surface area contributed by atoms with Crippen LogP contribution in [-0.2, 0) is 37.3 Å². The first-order valence-electron chi connectivity index (χ1n) is 12.6. The van der Waals surface area contributed by atoms with Crippen LogP contribution in [0.2, 0.25) is 0 Å². The summed E-state index contributed by atoms with van der Waals surface area (Å²) in [6, 6.07) is 2.25. The van der Waals surface area contributed by atoms with Crippen molar-refractivity contribution in [3.8, 4) is 0 Å². The third kappa shape index (κ3) is 5.56. The second-order valence-corrected chi connectivity index (χ2v) is 13.0. The molecule has 208 valence electrons. The van der Waals surface area contributed by atoms with Crippen LogP contribution in [0.5, 0.6) is 0 Å². The number of halogens is 2. The maximum atomic E-state index is 14.6. The number of amides is 1. The van der Waals surface area contributed by atoms with Gasteiger partial charge in [-0.25, -0.2) is 22.0 Å². The van der Waals surface area contributed by atoms with Crippen molar-refractivity contribution in [3.63, 3.8) is 0 Å². The molecule has 0 saturated carbocycles. The van der Waals surface area contributed by atoms with Gasteiger partial charge in [0.15, 0.2) is 0 Å². The fraction of sp³-hybridized carbons (Fsp3) is 0.600. The van der Waals surface area contributed by atoms with E-state index < -0.39 is 50.7 Å². The Hall–Kier alpha value is -2.61. The number of hydrogen-bond donors (Lipinski definition) is 1. The molecule has 2 aromatic rings.